The Kier molecular flexibility index (Phi) is 4.94. The predicted octanol–water partition coefficient (Wildman–Crippen LogP) is -0.681. The van der Waals surface area contributed by atoms with Gasteiger partial charge in [0.15, 0.2) is 9.84 Å². The van der Waals surface area contributed by atoms with E-state index in [9.17, 15) is 13.2 Å². The van der Waals surface area contributed by atoms with Gasteiger partial charge in [0.05, 0.1) is 29.5 Å². The Morgan fingerprint density at radius 1 is 1.45 bits per heavy atom. The minimum Gasteiger partial charge on any atom is -0.350 e. The lowest BCUT2D eigenvalue weighted by molar-refractivity contribution is -0.123. The van der Waals surface area contributed by atoms with Crippen LogP contribution in [0.2, 0.25) is 0 Å². The first kappa shape index (κ1) is 16.0. The molecule has 2 fully saturated rings. The number of nitrogens with zero attached hydrogens (tertiary/aromatic N) is 1. The zero-order valence-corrected chi connectivity index (χ0v) is 13.2. The van der Waals surface area contributed by atoms with E-state index < -0.39 is 21.3 Å². The van der Waals surface area contributed by atoms with Crippen LogP contribution in [0.1, 0.15) is 19.8 Å². The van der Waals surface area contributed by atoms with Crippen LogP contribution in [0, 0.1) is 0 Å². The Morgan fingerprint density at radius 2 is 2.15 bits per heavy atom. The number of halogens is 1. The lowest BCUT2D eigenvalue weighted by Gasteiger charge is -2.36. The van der Waals surface area contributed by atoms with E-state index >= 15 is 0 Å². The van der Waals surface area contributed by atoms with Gasteiger partial charge in [0.25, 0.3) is 0 Å². The van der Waals surface area contributed by atoms with Crippen LogP contribution in [0.25, 0.3) is 0 Å². The van der Waals surface area contributed by atoms with Gasteiger partial charge in [-0.15, -0.1) is 11.6 Å². The van der Waals surface area contributed by atoms with Crippen molar-refractivity contribution in [2.75, 3.05) is 24.6 Å². The largest absolute Gasteiger partial charge is 0.350 e. The third-order valence-corrected chi connectivity index (χ3v) is 6.41. The number of nitrogens with two attached hydrogens (primary N) is 1. The summed E-state index contributed by atoms with van der Waals surface area (Å²) < 4.78 is 22.9. The highest BCUT2D eigenvalue weighted by Gasteiger charge is 2.37. The summed E-state index contributed by atoms with van der Waals surface area (Å²) in [5.74, 6) is -0.290. The second-order valence-electron chi connectivity index (χ2n) is 5.87. The quantitative estimate of drug-likeness (QED) is 0.671. The van der Waals surface area contributed by atoms with E-state index in [1.807, 2.05) is 0 Å². The second-order valence-corrected chi connectivity index (χ2v) is 8.59. The van der Waals surface area contributed by atoms with Gasteiger partial charge in [-0.25, -0.2) is 8.42 Å². The molecular weight excluding hydrogens is 302 g/mol. The number of hydrogen-bond acceptors (Lipinski definition) is 5. The van der Waals surface area contributed by atoms with E-state index in [1.54, 1.807) is 0 Å². The van der Waals surface area contributed by atoms with Gasteiger partial charge in [-0.3, -0.25) is 9.69 Å². The summed E-state index contributed by atoms with van der Waals surface area (Å²) in [5, 5.41) is 2.21. The van der Waals surface area contributed by atoms with Crippen LogP contribution >= 0.6 is 11.6 Å². The summed E-state index contributed by atoms with van der Waals surface area (Å²) >= 11 is 5.97. The number of rotatable bonds is 3. The van der Waals surface area contributed by atoms with Gasteiger partial charge in [0.1, 0.15) is 0 Å². The Bertz CT molecular complexity index is 471. The van der Waals surface area contributed by atoms with Crippen LogP contribution in [0.4, 0.5) is 0 Å². The molecule has 0 bridgehead atoms. The highest BCUT2D eigenvalue weighted by Crippen LogP contribution is 2.19. The van der Waals surface area contributed by atoms with Crippen LogP contribution in [-0.4, -0.2) is 67.3 Å². The van der Waals surface area contributed by atoms with Crippen molar-refractivity contribution in [1.82, 2.24) is 10.2 Å². The van der Waals surface area contributed by atoms with Crippen molar-refractivity contribution >= 4 is 27.3 Å². The van der Waals surface area contributed by atoms with Gasteiger partial charge >= 0.3 is 0 Å². The molecule has 3 N–H and O–H groups in total. The van der Waals surface area contributed by atoms with Crippen molar-refractivity contribution in [3.8, 4) is 0 Å². The molecule has 0 aromatic heterocycles. The number of nitrogens with one attached hydrogen (secondary N) is 1. The fourth-order valence-electron chi connectivity index (χ4n) is 2.87. The number of carbonyl (C=O) groups excluding carboxylic acids is 1. The van der Waals surface area contributed by atoms with Crippen LogP contribution < -0.4 is 11.1 Å². The number of amides is 1. The number of hydrogen-bond donors (Lipinski definition) is 2. The molecule has 2 heterocycles. The average molecular weight is 324 g/mol. The van der Waals surface area contributed by atoms with Gasteiger partial charge in [-0.1, -0.05) is 0 Å². The van der Waals surface area contributed by atoms with Crippen molar-refractivity contribution in [3.63, 3.8) is 0 Å². The molecule has 0 aromatic carbocycles. The summed E-state index contributed by atoms with van der Waals surface area (Å²) in [6.07, 6.45) is 1.76. The molecule has 4 atom stereocenters. The van der Waals surface area contributed by atoms with Gasteiger partial charge < -0.3 is 11.1 Å². The van der Waals surface area contributed by atoms with Crippen LogP contribution in [-0.2, 0) is 14.6 Å². The van der Waals surface area contributed by atoms with Gasteiger partial charge in [-0.2, -0.15) is 0 Å². The summed E-state index contributed by atoms with van der Waals surface area (Å²) in [5.41, 5.74) is 5.89. The monoisotopic (exact) mass is 323 g/mol. The van der Waals surface area contributed by atoms with Gasteiger partial charge in [0.2, 0.25) is 5.91 Å². The molecule has 0 aliphatic carbocycles. The number of alkyl halides is 1. The maximum absolute atomic E-state index is 12.0. The second kappa shape index (κ2) is 6.17. The Hall–Kier alpha value is -0.370. The topological polar surface area (TPSA) is 92.5 Å². The van der Waals surface area contributed by atoms with Crippen LogP contribution in [0.15, 0.2) is 0 Å². The Balaban J connectivity index is 1.84. The number of carbonyl (C=O) groups is 1. The SMILES string of the molecule is CC1CC(N)CCN1CC(=O)NC1CS(=O)(=O)CC1Cl. The number of likely N-dealkylation sites (tertiary alicyclic amines) is 1. The summed E-state index contributed by atoms with van der Waals surface area (Å²) in [4.78, 5) is 14.1. The van der Waals surface area contributed by atoms with Crippen LogP contribution in [0.3, 0.4) is 0 Å². The minimum atomic E-state index is -3.12. The highest BCUT2D eigenvalue weighted by atomic mass is 35.5. The first-order valence-electron chi connectivity index (χ1n) is 6.90. The fourth-order valence-corrected chi connectivity index (χ4v) is 5.42. The van der Waals surface area contributed by atoms with Crippen LogP contribution in [0.5, 0.6) is 0 Å². The number of piperidine rings is 1. The van der Waals surface area contributed by atoms with Crippen molar-refractivity contribution < 1.29 is 13.2 Å². The van der Waals surface area contributed by atoms with Crippen molar-refractivity contribution in [2.24, 2.45) is 5.73 Å². The van der Waals surface area contributed by atoms with E-state index in [0.717, 1.165) is 19.4 Å². The zero-order chi connectivity index (χ0) is 14.9. The lowest BCUT2D eigenvalue weighted by Crippen LogP contribution is -2.51. The van der Waals surface area contributed by atoms with E-state index in [0.29, 0.717) is 0 Å². The normalized spacial score (nSPS) is 37.8. The Morgan fingerprint density at radius 3 is 2.70 bits per heavy atom. The van der Waals surface area contributed by atoms with Crippen molar-refractivity contribution in [2.45, 2.75) is 43.3 Å². The van der Waals surface area contributed by atoms with Crippen molar-refractivity contribution in [3.05, 3.63) is 0 Å². The molecule has 2 aliphatic heterocycles. The molecule has 20 heavy (non-hydrogen) atoms. The molecule has 0 aromatic rings. The summed E-state index contributed by atoms with van der Waals surface area (Å²) in [6, 6.07) is -0.00311. The molecule has 2 saturated heterocycles. The Labute approximate surface area is 124 Å². The average Bonchev–Trinajstić information content (AvgIpc) is 2.56. The minimum absolute atomic E-state index is 0.0610. The number of sulfone groups is 1. The lowest BCUT2D eigenvalue weighted by atomic mass is 9.99. The predicted molar refractivity (Wildman–Crippen MR) is 78.5 cm³/mol. The molecule has 0 saturated carbocycles. The van der Waals surface area contributed by atoms with E-state index in [1.165, 1.54) is 0 Å². The molecule has 2 rings (SSSR count). The maximum Gasteiger partial charge on any atom is 0.234 e. The first-order valence-corrected chi connectivity index (χ1v) is 9.16. The smallest absolute Gasteiger partial charge is 0.234 e. The zero-order valence-electron chi connectivity index (χ0n) is 11.6. The highest BCUT2D eigenvalue weighted by molar-refractivity contribution is 7.91. The standard InChI is InChI=1S/C12H22ClN3O3S/c1-8-4-9(14)2-3-16(8)5-12(17)15-11-7-20(18,19)6-10(11)13/h8-11H,2-7,14H2,1H3,(H,15,17). The molecule has 6 nitrogen and oxygen atoms in total. The summed E-state index contributed by atoms with van der Waals surface area (Å²) in [7, 11) is -3.12. The van der Waals surface area contributed by atoms with E-state index in [-0.39, 0.29) is 36.0 Å². The molecule has 1 amide bonds. The van der Waals surface area contributed by atoms with Gasteiger partial charge in [0, 0.05) is 18.6 Å². The van der Waals surface area contributed by atoms with Crippen molar-refractivity contribution in [1.29, 1.82) is 0 Å². The van der Waals surface area contributed by atoms with Gasteiger partial charge in [-0.05, 0) is 19.8 Å². The third-order valence-electron chi connectivity index (χ3n) is 4.03. The maximum atomic E-state index is 12.0. The first-order chi connectivity index (χ1) is 9.27. The molecule has 116 valence electrons. The molecule has 2 aliphatic rings. The molecule has 4 unspecified atom stereocenters. The fraction of sp³-hybridized carbons (Fsp3) is 0.917. The third kappa shape index (κ3) is 4.07. The van der Waals surface area contributed by atoms with E-state index in [4.69, 9.17) is 17.3 Å². The summed E-state index contributed by atoms with van der Waals surface area (Å²) in [6.45, 7) is 3.12. The molecule has 8 heteroatoms. The molecule has 0 spiro atoms. The van der Waals surface area contributed by atoms with E-state index in [2.05, 4.69) is 17.1 Å². The molecular formula is C12H22ClN3O3S. The molecule has 0 radical (unpaired) electrons.